The summed E-state index contributed by atoms with van der Waals surface area (Å²) in [7, 11) is 0. The molecule has 0 aliphatic heterocycles. The molecular weight excluding hydrogens is 274 g/mol. The average Bonchev–Trinajstić information content (AvgIpc) is 2.56. The molecular formula is C19H17NO2. The Morgan fingerprint density at radius 1 is 0.909 bits per heavy atom. The molecule has 3 aromatic carbocycles. The minimum Gasteiger partial charge on any atom is -0.396 e. The zero-order valence-corrected chi connectivity index (χ0v) is 12.1. The highest BCUT2D eigenvalue weighted by Gasteiger charge is 2.07. The van der Waals surface area contributed by atoms with Gasteiger partial charge in [0.05, 0.1) is 0 Å². The first-order chi connectivity index (χ1) is 10.8. The lowest BCUT2D eigenvalue weighted by Crippen LogP contribution is -2.11. The molecule has 0 unspecified atom stereocenters. The molecule has 0 aliphatic carbocycles. The highest BCUT2D eigenvalue weighted by molar-refractivity contribution is 6.06. The summed E-state index contributed by atoms with van der Waals surface area (Å²) in [6.07, 6.45) is 0.624. The van der Waals surface area contributed by atoms with E-state index in [2.05, 4.69) is 5.32 Å². The number of aliphatic hydroxyl groups is 1. The lowest BCUT2D eigenvalue weighted by Gasteiger charge is -2.07. The Labute approximate surface area is 129 Å². The fourth-order valence-electron chi connectivity index (χ4n) is 2.42. The number of nitrogens with one attached hydrogen (secondary N) is 1. The molecule has 3 aromatic rings. The normalized spacial score (nSPS) is 10.6. The molecule has 0 aliphatic rings. The Balaban J connectivity index is 1.77. The third-order valence-corrected chi connectivity index (χ3v) is 3.62. The first kappa shape index (κ1) is 14.3. The number of benzene rings is 3. The molecule has 0 saturated carbocycles. The van der Waals surface area contributed by atoms with Crippen molar-refractivity contribution < 1.29 is 9.90 Å². The number of anilines is 1. The number of fused-ring (bicyclic) bond motifs is 1. The maximum atomic E-state index is 12.3. The molecule has 0 fully saturated rings. The van der Waals surface area contributed by atoms with E-state index in [0.29, 0.717) is 12.0 Å². The van der Waals surface area contributed by atoms with Gasteiger partial charge in [0.15, 0.2) is 0 Å². The van der Waals surface area contributed by atoms with Crippen LogP contribution in [0.4, 0.5) is 5.69 Å². The summed E-state index contributed by atoms with van der Waals surface area (Å²) in [5.41, 5.74) is 2.43. The van der Waals surface area contributed by atoms with Crippen LogP contribution in [-0.4, -0.2) is 17.6 Å². The zero-order valence-electron chi connectivity index (χ0n) is 12.1. The maximum absolute atomic E-state index is 12.3. The SMILES string of the molecule is O=C(Nc1ccc(CCO)cc1)c1ccc2ccccc2c1. The van der Waals surface area contributed by atoms with Gasteiger partial charge in [-0.15, -0.1) is 0 Å². The Hall–Kier alpha value is -2.65. The molecule has 22 heavy (non-hydrogen) atoms. The summed E-state index contributed by atoms with van der Waals surface area (Å²) in [5.74, 6) is -0.124. The van der Waals surface area contributed by atoms with Gasteiger partial charge >= 0.3 is 0 Å². The smallest absolute Gasteiger partial charge is 0.255 e. The summed E-state index contributed by atoms with van der Waals surface area (Å²) in [4.78, 5) is 12.3. The van der Waals surface area contributed by atoms with Gasteiger partial charge in [-0.1, -0.05) is 42.5 Å². The average molecular weight is 291 g/mol. The largest absolute Gasteiger partial charge is 0.396 e. The van der Waals surface area contributed by atoms with Crippen LogP contribution in [0.5, 0.6) is 0 Å². The van der Waals surface area contributed by atoms with Gasteiger partial charge < -0.3 is 10.4 Å². The van der Waals surface area contributed by atoms with Gasteiger partial charge in [-0.25, -0.2) is 0 Å². The van der Waals surface area contributed by atoms with Crippen molar-refractivity contribution in [3.8, 4) is 0 Å². The van der Waals surface area contributed by atoms with Gasteiger partial charge in [-0.2, -0.15) is 0 Å². The fourth-order valence-corrected chi connectivity index (χ4v) is 2.42. The number of hydrogen-bond acceptors (Lipinski definition) is 2. The number of carbonyl (C=O) groups is 1. The van der Waals surface area contributed by atoms with E-state index in [1.54, 1.807) is 0 Å². The fraction of sp³-hybridized carbons (Fsp3) is 0.105. The van der Waals surface area contributed by atoms with E-state index in [-0.39, 0.29) is 12.5 Å². The van der Waals surface area contributed by atoms with Crippen LogP contribution in [0.2, 0.25) is 0 Å². The van der Waals surface area contributed by atoms with E-state index in [1.807, 2.05) is 66.7 Å². The van der Waals surface area contributed by atoms with E-state index in [9.17, 15) is 4.79 Å². The Bertz CT molecular complexity index is 794. The third kappa shape index (κ3) is 3.15. The minimum absolute atomic E-state index is 0.124. The monoisotopic (exact) mass is 291 g/mol. The van der Waals surface area contributed by atoms with Crippen LogP contribution in [0.3, 0.4) is 0 Å². The first-order valence-corrected chi connectivity index (χ1v) is 7.26. The van der Waals surface area contributed by atoms with E-state index in [1.165, 1.54) is 0 Å². The molecule has 0 heterocycles. The van der Waals surface area contributed by atoms with Crippen molar-refractivity contribution in [1.82, 2.24) is 0 Å². The van der Waals surface area contributed by atoms with Gasteiger partial charge in [-0.05, 0) is 47.0 Å². The van der Waals surface area contributed by atoms with Crippen molar-refractivity contribution in [2.75, 3.05) is 11.9 Å². The molecule has 3 rings (SSSR count). The Morgan fingerprint density at radius 3 is 2.36 bits per heavy atom. The molecule has 3 nitrogen and oxygen atoms in total. The van der Waals surface area contributed by atoms with E-state index in [0.717, 1.165) is 22.0 Å². The number of amides is 1. The molecule has 3 heteroatoms. The topological polar surface area (TPSA) is 49.3 Å². The Morgan fingerprint density at radius 2 is 1.64 bits per heavy atom. The van der Waals surface area contributed by atoms with E-state index in [4.69, 9.17) is 5.11 Å². The lowest BCUT2D eigenvalue weighted by molar-refractivity contribution is 0.102. The van der Waals surface area contributed by atoms with Crippen LogP contribution in [0.15, 0.2) is 66.7 Å². The number of carbonyl (C=O) groups excluding carboxylic acids is 1. The first-order valence-electron chi connectivity index (χ1n) is 7.26. The predicted molar refractivity (Wildman–Crippen MR) is 89.1 cm³/mol. The van der Waals surface area contributed by atoms with Crippen LogP contribution >= 0.6 is 0 Å². The van der Waals surface area contributed by atoms with Gasteiger partial charge in [0.1, 0.15) is 0 Å². The molecule has 110 valence electrons. The molecule has 0 atom stereocenters. The molecule has 2 N–H and O–H groups in total. The molecule has 0 spiro atoms. The van der Waals surface area contributed by atoms with Crippen molar-refractivity contribution in [3.63, 3.8) is 0 Å². The molecule has 0 radical (unpaired) electrons. The molecule has 1 amide bonds. The zero-order chi connectivity index (χ0) is 15.4. The minimum atomic E-state index is -0.124. The van der Waals surface area contributed by atoms with Crippen molar-refractivity contribution in [2.45, 2.75) is 6.42 Å². The molecule has 0 saturated heterocycles. The van der Waals surface area contributed by atoms with Crippen LogP contribution in [0.25, 0.3) is 10.8 Å². The number of aliphatic hydroxyl groups excluding tert-OH is 1. The predicted octanol–water partition coefficient (Wildman–Crippen LogP) is 3.63. The van der Waals surface area contributed by atoms with Crippen molar-refractivity contribution in [1.29, 1.82) is 0 Å². The summed E-state index contributed by atoms with van der Waals surface area (Å²) in [6.45, 7) is 0.128. The van der Waals surface area contributed by atoms with Crippen molar-refractivity contribution in [3.05, 3.63) is 77.9 Å². The maximum Gasteiger partial charge on any atom is 0.255 e. The quantitative estimate of drug-likeness (QED) is 0.771. The van der Waals surface area contributed by atoms with Crippen LogP contribution in [0.1, 0.15) is 15.9 Å². The standard InChI is InChI=1S/C19H17NO2/c21-12-11-14-5-9-18(10-6-14)20-19(22)17-8-7-15-3-1-2-4-16(15)13-17/h1-10,13,21H,11-12H2,(H,20,22). The summed E-state index contributed by atoms with van der Waals surface area (Å²) >= 11 is 0. The van der Waals surface area contributed by atoms with Crippen LogP contribution in [0, 0.1) is 0 Å². The van der Waals surface area contributed by atoms with Crippen molar-refractivity contribution in [2.24, 2.45) is 0 Å². The van der Waals surface area contributed by atoms with Gasteiger partial charge in [0.2, 0.25) is 0 Å². The van der Waals surface area contributed by atoms with Gasteiger partial charge in [0.25, 0.3) is 5.91 Å². The number of rotatable bonds is 4. The van der Waals surface area contributed by atoms with E-state index >= 15 is 0 Å². The summed E-state index contributed by atoms with van der Waals surface area (Å²) < 4.78 is 0. The third-order valence-electron chi connectivity index (χ3n) is 3.62. The Kier molecular flexibility index (Phi) is 4.17. The highest BCUT2D eigenvalue weighted by Crippen LogP contribution is 2.17. The molecule has 0 bridgehead atoms. The van der Waals surface area contributed by atoms with Gasteiger partial charge in [0, 0.05) is 17.9 Å². The van der Waals surface area contributed by atoms with Crippen LogP contribution in [-0.2, 0) is 6.42 Å². The second-order valence-corrected chi connectivity index (χ2v) is 5.19. The van der Waals surface area contributed by atoms with E-state index < -0.39 is 0 Å². The summed E-state index contributed by atoms with van der Waals surface area (Å²) in [6, 6.07) is 21.2. The lowest BCUT2D eigenvalue weighted by atomic mass is 10.1. The molecule has 0 aromatic heterocycles. The van der Waals surface area contributed by atoms with Crippen LogP contribution < -0.4 is 5.32 Å². The summed E-state index contributed by atoms with van der Waals surface area (Å²) in [5, 5.41) is 14.0. The number of hydrogen-bond donors (Lipinski definition) is 2. The van der Waals surface area contributed by atoms with Gasteiger partial charge in [-0.3, -0.25) is 4.79 Å². The highest BCUT2D eigenvalue weighted by atomic mass is 16.2. The second-order valence-electron chi connectivity index (χ2n) is 5.19. The second kappa shape index (κ2) is 6.41. The van der Waals surface area contributed by atoms with Crippen molar-refractivity contribution >= 4 is 22.4 Å².